The maximum absolute atomic E-state index is 13.0. The zero-order valence-electron chi connectivity index (χ0n) is 18.4. The summed E-state index contributed by atoms with van der Waals surface area (Å²) in [6, 6.07) is 12.1. The van der Waals surface area contributed by atoms with Crippen molar-refractivity contribution in [1.82, 2.24) is 14.5 Å². The molecule has 0 radical (unpaired) electrons. The van der Waals surface area contributed by atoms with E-state index in [1.54, 1.807) is 0 Å². The van der Waals surface area contributed by atoms with Gasteiger partial charge in [0, 0.05) is 18.1 Å². The molecule has 1 saturated heterocycles. The lowest BCUT2D eigenvalue weighted by Crippen LogP contribution is -2.43. The van der Waals surface area contributed by atoms with E-state index in [4.69, 9.17) is 16.0 Å². The summed E-state index contributed by atoms with van der Waals surface area (Å²) in [6.07, 6.45) is 1.61. The predicted molar refractivity (Wildman–Crippen MR) is 125 cm³/mol. The summed E-state index contributed by atoms with van der Waals surface area (Å²) in [6.45, 7) is 4.53. The number of rotatable bonds is 6. The quantitative estimate of drug-likeness (QED) is 0.562. The lowest BCUT2D eigenvalue weighted by molar-refractivity contribution is -0.121. The number of hydrogen-bond acceptors (Lipinski definition) is 6. The van der Waals surface area contributed by atoms with Crippen LogP contribution in [0.25, 0.3) is 0 Å². The first kappa shape index (κ1) is 23.4. The first-order valence-electron chi connectivity index (χ1n) is 10.7. The number of piperidine rings is 1. The van der Waals surface area contributed by atoms with Gasteiger partial charge in [-0.05, 0) is 67.6 Å². The molecule has 8 nitrogen and oxygen atoms in total. The molecule has 3 aromatic rings. The Morgan fingerprint density at radius 2 is 1.91 bits per heavy atom. The van der Waals surface area contributed by atoms with Gasteiger partial charge < -0.3 is 4.42 Å². The van der Waals surface area contributed by atoms with Crippen LogP contribution >= 0.6 is 11.6 Å². The molecule has 174 valence electrons. The van der Waals surface area contributed by atoms with Gasteiger partial charge in [-0.2, -0.15) is 4.31 Å². The molecule has 0 aliphatic carbocycles. The monoisotopic (exact) mass is 488 g/mol. The van der Waals surface area contributed by atoms with Crippen LogP contribution in [-0.2, 0) is 21.2 Å². The number of halogens is 1. The van der Waals surface area contributed by atoms with Gasteiger partial charge in [-0.1, -0.05) is 34.9 Å². The van der Waals surface area contributed by atoms with Crippen LogP contribution in [0.1, 0.15) is 35.4 Å². The summed E-state index contributed by atoms with van der Waals surface area (Å²) < 4.78 is 32.8. The summed E-state index contributed by atoms with van der Waals surface area (Å²) in [5.41, 5.74) is 3.42. The van der Waals surface area contributed by atoms with Gasteiger partial charge in [-0.3, -0.25) is 10.1 Å². The number of benzene rings is 2. The molecule has 1 atom stereocenters. The second-order valence-electron chi connectivity index (χ2n) is 8.24. The van der Waals surface area contributed by atoms with Crippen LogP contribution in [0.3, 0.4) is 0 Å². The maximum atomic E-state index is 13.0. The van der Waals surface area contributed by atoms with Crippen molar-refractivity contribution in [3.8, 4) is 0 Å². The number of aryl methyl sites for hydroxylation is 2. The Morgan fingerprint density at radius 1 is 1.15 bits per heavy atom. The second-order valence-corrected chi connectivity index (χ2v) is 10.6. The Hall–Kier alpha value is -2.75. The molecular weight excluding hydrogens is 464 g/mol. The summed E-state index contributed by atoms with van der Waals surface area (Å²) in [4.78, 5) is 12.9. The Bertz CT molecular complexity index is 1260. The summed E-state index contributed by atoms with van der Waals surface area (Å²) in [7, 11) is -3.71. The second kappa shape index (κ2) is 9.62. The number of sulfonamides is 1. The van der Waals surface area contributed by atoms with Gasteiger partial charge >= 0.3 is 6.01 Å². The van der Waals surface area contributed by atoms with Gasteiger partial charge in [0.2, 0.25) is 21.8 Å². The number of aromatic nitrogens is 2. The van der Waals surface area contributed by atoms with Crippen molar-refractivity contribution in [3.05, 3.63) is 70.1 Å². The van der Waals surface area contributed by atoms with Crippen molar-refractivity contribution >= 4 is 33.5 Å². The highest BCUT2D eigenvalue weighted by Gasteiger charge is 2.33. The van der Waals surface area contributed by atoms with Crippen LogP contribution in [0.15, 0.2) is 51.8 Å². The van der Waals surface area contributed by atoms with Crippen molar-refractivity contribution < 1.29 is 17.6 Å². The number of hydrogen-bond donors (Lipinski definition) is 1. The minimum absolute atomic E-state index is 0.0107. The van der Waals surface area contributed by atoms with Crippen molar-refractivity contribution in [1.29, 1.82) is 0 Å². The van der Waals surface area contributed by atoms with Crippen molar-refractivity contribution in [2.45, 2.75) is 38.0 Å². The minimum Gasteiger partial charge on any atom is -0.407 e. The zero-order chi connectivity index (χ0) is 23.6. The fourth-order valence-electron chi connectivity index (χ4n) is 3.80. The van der Waals surface area contributed by atoms with Gasteiger partial charge in [-0.25, -0.2) is 8.42 Å². The summed E-state index contributed by atoms with van der Waals surface area (Å²) >= 11 is 5.87. The molecule has 1 aliphatic heterocycles. The SMILES string of the molecule is Cc1ccc(Cc2nnc(NC(=O)C3CCCN(S(=O)(=O)c4ccc(Cl)cc4)C3)o2)cc1C. The number of carbonyl (C=O) groups is 1. The van der Waals surface area contributed by atoms with Crippen LogP contribution in [0.4, 0.5) is 6.01 Å². The van der Waals surface area contributed by atoms with Gasteiger partial charge in [0.25, 0.3) is 0 Å². The molecule has 10 heteroatoms. The molecule has 1 fully saturated rings. The first-order chi connectivity index (χ1) is 15.7. The van der Waals surface area contributed by atoms with Crippen molar-refractivity contribution in [2.75, 3.05) is 18.4 Å². The van der Waals surface area contributed by atoms with Gasteiger partial charge in [0.15, 0.2) is 0 Å². The average Bonchev–Trinajstić information content (AvgIpc) is 3.23. The highest BCUT2D eigenvalue weighted by molar-refractivity contribution is 7.89. The van der Waals surface area contributed by atoms with E-state index in [1.165, 1.54) is 39.7 Å². The van der Waals surface area contributed by atoms with Gasteiger partial charge in [0.05, 0.1) is 17.2 Å². The Labute approximate surface area is 198 Å². The van der Waals surface area contributed by atoms with E-state index in [-0.39, 0.29) is 23.4 Å². The maximum Gasteiger partial charge on any atom is 0.322 e. The summed E-state index contributed by atoms with van der Waals surface area (Å²) in [5.74, 6) is -0.465. The number of nitrogens with one attached hydrogen (secondary N) is 1. The predicted octanol–water partition coefficient (Wildman–Crippen LogP) is 3.97. The normalized spacial score (nSPS) is 17.1. The smallest absolute Gasteiger partial charge is 0.322 e. The number of amides is 1. The summed E-state index contributed by atoms with van der Waals surface area (Å²) in [5, 5.41) is 11.0. The van der Waals surface area contributed by atoms with E-state index < -0.39 is 15.9 Å². The van der Waals surface area contributed by atoms with E-state index in [0.717, 1.165) is 5.56 Å². The van der Waals surface area contributed by atoms with E-state index in [9.17, 15) is 13.2 Å². The first-order valence-corrected chi connectivity index (χ1v) is 12.5. The third-order valence-electron chi connectivity index (χ3n) is 5.83. The fraction of sp³-hybridized carbons (Fsp3) is 0.348. The Kier molecular flexibility index (Phi) is 6.83. The zero-order valence-corrected chi connectivity index (χ0v) is 20.0. The molecule has 1 aromatic heterocycles. The lowest BCUT2D eigenvalue weighted by atomic mass is 9.99. The molecule has 1 unspecified atom stereocenters. The van der Waals surface area contributed by atoms with Crippen LogP contribution in [0.5, 0.6) is 0 Å². The number of carbonyl (C=O) groups excluding carboxylic acids is 1. The third kappa shape index (κ3) is 5.43. The Morgan fingerprint density at radius 3 is 2.64 bits per heavy atom. The van der Waals surface area contributed by atoms with Gasteiger partial charge in [0.1, 0.15) is 0 Å². The highest BCUT2D eigenvalue weighted by Crippen LogP contribution is 2.25. The molecule has 4 rings (SSSR count). The van der Waals surface area contributed by atoms with Crippen molar-refractivity contribution in [3.63, 3.8) is 0 Å². The molecule has 1 amide bonds. The van der Waals surface area contributed by atoms with Crippen LogP contribution in [-0.4, -0.2) is 41.9 Å². The van der Waals surface area contributed by atoms with E-state index in [0.29, 0.717) is 36.7 Å². The van der Waals surface area contributed by atoms with Crippen LogP contribution < -0.4 is 5.32 Å². The molecular formula is C23H25ClN4O4S. The number of nitrogens with zero attached hydrogens (tertiary/aromatic N) is 3. The molecule has 0 saturated carbocycles. The molecule has 1 N–H and O–H groups in total. The topological polar surface area (TPSA) is 105 Å². The van der Waals surface area contributed by atoms with Crippen LogP contribution in [0.2, 0.25) is 5.02 Å². The highest BCUT2D eigenvalue weighted by atomic mass is 35.5. The molecule has 0 spiro atoms. The average molecular weight is 489 g/mol. The Balaban J connectivity index is 1.39. The van der Waals surface area contributed by atoms with Gasteiger partial charge in [-0.15, -0.1) is 5.10 Å². The largest absolute Gasteiger partial charge is 0.407 e. The lowest BCUT2D eigenvalue weighted by Gasteiger charge is -2.30. The molecule has 33 heavy (non-hydrogen) atoms. The fourth-order valence-corrected chi connectivity index (χ4v) is 5.45. The molecule has 2 aromatic carbocycles. The van der Waals surface area contributed by atoms with E-state index in [2.05, 4.69) is 21.6 Å². The van der Waals surface area contributed by atoms with E-state index >= 15 is 0 Å². The molecule has 1 aliphatic rings. The van der Waals surface area contributed by atoms with E-state index in [1.807, 2.05) is 26.0 Å². The standard InChI is InChI=1S/C23H25ClN4O4S/c1-15-5-6-17(12-16(15)2)13-21-26-27-23(32-21)25-22(29)18-4-3-11-28(14-18)33(30,31)20-9-7-19(24)8-10-20/h5-10,12,18H,3-4,11,13-14H2,1-2H3,(H,25,27,29). The number of anilines is 1. The minimum atomic E-state index is -3.71. The molecule has 2 heterocycles. The molecule has 0 bridgehead atoms. The third-order valence-corrected chi connectivity index (χ3v) is 7.96. The van der Waals surface area contributed by atoms with Crippen molar-refractivity contribution in [2.24, 2.45) is 5.92 Å². The van der Waals surface area contributed by atoms with Crippen LogP contribution in [0, 0.1) is 19.8 Å².